The fourth-order valence-corrected chi connectivity index (χ4v) is 3.47. The smallest absolute Gasteiger partial charge is 0.174 e. The molecule has 2 unspecified atom stereocenters. The predicted molar refractivity (Wildman–Crippen MR) is 73.2 cm³/mol. The normalized spacial score (nSPS) is 14.5. The lowest BCUT2D eigenvalue weighted by atomic mass is 10.0. The van der Waals surface area contributed by atoms with E-state index >= 15 is 0 Å². The Morgan fingerprint density at radius 2 is 2.12 bits per heavy atom. The summed E-state index contributed by atoms with van der Waals surface area (Å²) in [6, 6.07) is 10.3. The van der Waals surface area contributed by atoms with E-state index in [0.717, 1.165) is 10.8 Å². The molecule has 0 bridgehead atoms. The second-order valence-corrected chi connectivity index (χ2v) is 6.03. The Hall–Kier alpha value is -0.910. The van der Waals surface area contributed by atoms with Gasteiger partial charge in [-0.2, -0.15) is 0 Å². The Bertz CT molecular complexity index is 430. The van der Waals surface area contributed by atoms with Crippen molar-refractivity contribution in [1.82, 2.24) is 10.2 Å². The van der Waals surface area contributed by atoms with E-state index in [9.17, 15) is 0 Å². The summed E-state index contributed by atoms with van der Waals surface area (Å²) in [5.41, 5.74) is 9.23. The zero-order valence-electron chi connectivity index (χ0n) is 9.61. The molecule has 0 radical (unpaired) electrons. The van der Waals surface area contributed by atoms with Crippen molar-refractivity contribution >= 4 is 23.1 Å². The van der Waals surface area contributed by atoms with E-state index in [2.05, 4.69) is 29.3 Å². The third-order valence-electron chi connectivity index (χ3n) is 2.58. The fraction of sp³-hybridized carbons (Fsp3) is 0.333. The van der Waals surface area contributed by atoms with Gasteiger partial charge >= 0.3 is 0 Å². The molecule has 0 aliphatic carbocycles. The van der Waals surface area contributed by atoms with Crippen molar-refractivity contribution in [3.8, 4) is 0 Å². The van der Waals surface area contributed by atoms with Crippen LogP contribution in [-0.4, -0.2) is 15.4 Å². The summed E-state index contributed by atoms with van der Waals surface area (Å²) in [5, 5.41) is 8.24. The number of benzene rings is 1. The van der Waals surface area contributed by atoms with Gasteiger partial charge in [0.1, 0.15) is 5.51 Å². The monoisotopic (exact) mass is 265 g/mol. The fourth-order valence-electron chi connectivity index (χ4n) is 1.64. The first-order chi connectivity index (χ1) is 8.31. The van der Waals surface area contributed by atoms with Gasteiger partial charge in [-0.25, -0.2) is 0 Å². The molecule has 2 aromatic rings. The van der Waals surface area contributed by atoms with Gasteiger partial charge in [0.05, 0.1) is 0 Å². The lowest BCUT2D eigenvalue weighted by molar-refractivity contribution is 0.656. The highest BCUT2D eigenvalue weighted by Gasteiger charge is 2.20. The SMILES string of the molecule is CCC(Sc1nncs1)C(N)c1ccccc1. The first-order valence-corrected chi connectivity index (χ1v) is 7.30. The van der Waals surface area contributed by atoms with Gasteiger partial charge in [-0.05, 0) is 12.0 Å². The highest BCUT2D eigenvalue weighted by atomic mass is 32.2. The summed E-state index contributed by atoms with van der Waals surface area (Å²) in [6.07, 6.45) is 1.01. The van der Waals surface area contributed by atoms with Gasteiger partial charge in [0, 0.05) is 11.3 Å². The summed E-state index contributed by atoms with van der Waals surface area (Å²) in [6.45, 7) is 2.15. The van der Waals surface area contributed by atoms with Crippen molar-refractivity contribution in [3.63, 3.8) is 0 Å². The van der Waals surface area contributed by atoms with Crippen LogP contribution in [0.1, 0.15) is 24.9 Å². The standard InChI is InChI=1S/C12H15N3S2/c1-2-10(17-12-15-14-8-16-12)11(13)9-6-4-3-5-7-9/h3-8,10-11H,2,13H2,1H3. The third kappa shape index (κ3) is 3.28. The van der Waals surface area contributed by atoms with Gasteiger partial charge in [0.2, 0.25) is 0 Å². The molecule has 1 aromatic carbocycles. The van der Waals surface area contributed by atoms with E-state index < -0.39 is 0 Å². The predicted octanol–water partition coefficient (Wildman–Crippen LogP) is 3.11. The molecule has 3 nitrogen and oxygen atoms in total. The third-order valence-corrected chi connectivity index (χ3v) is 4.85. The van der Waals surface area contributed by atoms with E-state index in [4.69, 9.17) is 5.73 Å². The molecular formula is C12H15N3S2. The maximum atomic E-state index is 6.30. The van der Waals surface area contributed by atoms with E-state index in [1.807, 2.05) is 18.2 Å². The maximum absolute atomic E-state index is 6.30. The van der Waals surface area contributed by atoms with E-state index in [1.54, 1.807) is 28.6 Å². The van der Waals surface area contributed by atoms with Crippen molar-refractivity contribution < 1.29 is 0 Å². The van der Waals surface area contributed by atoms with Crippen molar-refractivity contribution in [2.45, 2.75) is 29.0 Å². The second-order valence-electron chi connectivity index (χ2n) is 3.71. The zero-order chi connectivity index (χ0) is 12.1. The van der Waals surface area contributed by atoms with Gasteiger partial charge in [-0.3, -0.25) is 0 Å². The number of thioether (sulfide) groups is 1. The second kappa shape index (κ2) is 6.14. The highest BCUT2D eigenvalue weighted by molar-refractivity contribution is 8.01. The number of hydrogen-bond acceptors (Lipinski definition) is 5. The van der Waals surface area contributed by atoms with Gasteiger partial charge < -0.3 is 5.73 Å². The molecule has 2 atom stereocenters. The molecule has 0 aliphatic heterocycles. The van der Waals surface area contributed by atoms with E-state index in [0.29, 0.717) is 5.25 Å². The minimum atomic E-state index is 0.0371. The Morgan fingerprint density at radius 1 is 1.35 bits per heavy atom. The van der Waals surface area contributed by atoms with Crippen molar-refractivity contribution in [1.29, 1.82) is 0 Å². The Kier molecular flexibility index (Phi) is 4.53. The molecule has 0 spiro atoms. The number of aromatic nitrogens is 2. The Balaban J connectivity index is 2.08. The summed E-state index contributed by atoms with van der Waals surface area (Å²) >= 11 is 3.28. The number of hydrogen-bond donors (Lipinski definition) is 1. The maximum Gasteiger partial charge on any atom is 0.174 e. The molecule has 17 heavy (non-hydrogen) atoms. The van der Waals surface area contributed by atoms with Crippen molar-refractivity contribution in [2.24, 2.45) is 5.73 Å². The van der Waals surface area contributed by atoms with Crippen LogP contribution < -0.4 is 5.73 Å². The average Bonchev–Trinajstić information content (AvgIpc) is 2.89. The zero-order valence-corrected chi connectivity index (χ0v) is 11.2. The number of nitrogens with two attached hydrogens (primary N) is 1. The van der Waals surface area contributed by atoms with E-state index in [1.165, 1.54) is 5.56 Å². The van der Waals surface area contributed by atoms with Crippen LogP contribution in [0.25, 0.3) is 0 Å². The first kappa shape index (κ1) is 12.5. The van der Waals surface area contributed by atoms with Crippen LogP contribution in [-0.2, 0) is 0 Å². The van der Waals surface area contributed by atoms with Gasteiger partial charge in [-0.15, -0.1) is 10.2 Å². The van der Waals surface area contributed by atoms with Crippen molar-refractivity contribution in [2.75, 3.05) is 0 Å². The molecule has 0 saturated carbocycles. The Morgan fingerprint density at radius 3 is 2.71 bits per heavy atom. The molecule has 2 N–H and O–H groups in total. The van der Waals surface area contributed by atoms with Crippen LogP contribution >= 0.6 is 23.1 Å². The lowest BCUT2D eigenvalue weighted by Gasteiger charge is -2.21. The van der Waals surface area contributed by atoms with Crippen LogP contribution in [0, 0.1) is 0 Å². The molecule has 1 heterocycles. The van der Waals surface area contributed by atoms with Gasteiger partial charge in [0.25, 0.3) is 0 Å². The molecule has 0 aliphatic rings. The van der Waals surface area contributed by atoms with Gasteiger partial charge in [-0.1, -0.05) is 60.4 Å². The van der Waals surface area contributed by atoms with E-state index in [-0.39, 0.29) is 6.04 Å². The molecule has 5 heteroatoms. The summed E-state index contributed by atoms with van der Waals surface area (Å²) in [5.74, 6) is 0. The Labute approximate surface area is 109 Å². The number of nitrogens with zero attached hydrogens (tertiary/aromatic N) is 2. The average molecular weight is 265 g/mol. The highest BCUT2D eigenvalue weighted by Crippen LogP contribution is 2.33. The molecular weight excluding hydrogens is 250 g/mol. The van der Waals surface area contributed by atoms with Crippen LogP contribution in [0.2, 0.25) is 0 Å². The lowest BCUT2D eigenvalue weighted by Crippen LogP contribution is -2.23. The van der Waals surface area contributed by atoms with Crippen LogP contribution in [0.15, 0.2) is 40.2 Å². The minimum absolute atomic E-state index is 0.0371. The number of rotatable bonds is 5. The van der Waals surface area contributed by atoms with Crippen LogP contribution in [0.5, 0.6) is 0 Å². The molecule has 1 aromatic heterocycles. The summed E-state index contributed by atoms with van der Waals surface area (Å²) in [7, 11) is 0. The van der Waals surface area contributed by atoms with Crippen LogP contribution in [0.4, 0.5) is 0 Å². The molecule has 90 valence electrons. The quantitative estimate of drug-likeness (QED) is 0.844. The van der Waals surface area contributed by atoms with Crippen LogP contribution in [0.3, 0.4) is 0 Å². The molecule has 0 amide bonds. The summed E-state index contributed by atoms with van der Waals surface area (Å²) in [4.78, 5) is 0. The van der Waals surface area contributed by atoms with Crippen molar-refractivity contribution in [3.05, 3.63) is 41.4 Å². The minimum Gasteiger partial charge on any atom is -0.323 e. The first-order valence-electron chi connectivity index (χ1n) is 5.54. The molecule has 2 rings (SSSR count). The topological polar surface area (TPSA) is 51.8 Å². The molecule has 0 saturated heterocycles. The van der Waals surface area contributed by atoms with Gasteiger partial charge in [0.15, 0.2) is 4.34 Å². The summed E-state index contributed by atoms with van der Waals surface area (Å²) < 4.78 is 0.989. The largest absolute Gasteiger partial charge is 0.323 e. The molecule has 0 fully saturated rings.